The van der Waals surface area contributed by atoms with Crippen LogP contribution in [-0.2, 0) is 30.9 Å². The first-order valence-corrected chi connectivity index (χ1v) is 17.5. The fourth-order valence-electron chi connectivity index (χ4n) is 6.55. The molecule has 5 atom stereocenters. The first kappa shape index (κ1) is 34.3. The van der Waals surface area contributed by atoms with E-state index in [-0.39, 0.29) is 18.9 Å². The van der Waals surface area contributed by atoms with E-state index in [2.05, 4.69) is 15.7 Å². The Hall–Kier alpha value is -4.53. The van der Waals surface area contributed by atoms with E-state index in [4.69, 9.17) is 24.2 Å². The van der Waals surface area contributed by atoms with E-state index < -0.39 is 53.2 Å². The van der Waals surface area contributed by atoms with Gasteiger partial charge in [-0.3, -0.25) is 14.3 Å². The summed E-state index contributed by atoms with van der Waals surface area (Å²) in [5.74, 6) is -0.908. The highest BCUT2D eigenvalue weighted by molar-refractivity contribution is 7.17. The number of nitrogens with one attached hydrogen (secondary N) is 2. The van der Waals surface area contributed by atoms with E-state index >= 15 is 0 Å². The van der Waals surface area contributed by atoms with E-state index in [1.165, 1.54) is 23.3 Å². The van der Waals surface area contributed by atoms with Crippen LogP contribution in [0.15, 0.2) is 35.9 Å². The molecule has 2 aliphatic heterocycles. The van der Waals surface area contributed by atoms with Crippen LogP contribution >= 0.6 is 11.3 Å². The number of esters is 1. The Bertz CT molecular complexity index is 1760. The van der Waals surface area contributed by atoms with Gasteiger partial charge in [-0.1, -0.05) is 25.0 Å². The van der Waals surface area contributed by atoms with E-state index in [0.29, 0.717) is 42.2 Å². The summed E-state index contributed by atoms with van der Waals surface area (Å²) >= 11 is 1.43. The van der Waals surface area contributed by atoms with Gasteiger partial charge in [0.2, 0.25) is 17.7 Å². The molecular formula is C34H43N7O7S. The molecule has 2 N–H and O–H groups in total. The number of rotatable bonds is 5. The van der Waals surface area contributed by atoms with E-state index in [1.807, 2.05) is 29.7 Å². The molecule has 2 fully saturated rings. The number of aromatic nitrogens is 4. The van der Waals surface area contributed by atoms with Crippen molar-refractivity contribution in [2.75, 3.05) is 13.7 Å². The Morgan fingerprint density at radius 1 is 1.14 bits per heavy atom. The number of amides is 3. The predicted octanol–water partition coefficient (Wildman–Crippen LogP) is 3.90. The van der Waals surface area contributed by atoms with Gasteiger partial charge in [0.15, 0.2) is 5.82 Å². The van der Waals surface area contributed by atoms with Crippen LogP contribution in [0.5, 0.6) is 5.88 Å². The third kappa shape index (κ3) is 7.41. The molecule has 3 amide bonds. The van der Waals surface area contributed by atoms with Crippen molar-refractivity contribution < 1.29 is 33.4 Å². The van der Waals surface area contributed by atoms with Crippen LogP contribution < -0.4 is 15.4 Å². The molecule has 1 aliphatic carbocycles. The van der Waals surface area contributed by atoms with Gasteiger partial charge in [-0.15, -0.1) is 11.3 Å². The molecule has 14 nitrogen and oxygen atoms in total. The number of alkyl carbamates (subject to hydrolysis) is 1. The van der Waals surface area contributed by atoms with Crippen molar-refractivity contribution in [3.05, 3.63) is 35.9 Å². The van der Waals surface area contributed by atoms with E-state index in [1.54, 1.807) is 38.7 Å². The standard InChI is InChI=1S/C34H43N7O7S/c1-33(2,3)48-32(45)37-23-12-10-8-6-7-9-11-20-18-34(20,31(44)46-5)39-28(42)25-17-21(19-41(25)30(23)43)47-29-26-22(14-16-49-26)36-27(38-29)24-13-15-35-40(24)4/h9,11,13-16,20-21,23,25H,6-8,10,12,17-19H2,1-5H3,(H,37,45)(H,39,42)/b11-9-/t20-,21-,23+,25+,34-/m1/s1. The molecule has 0 aromatic carbocycles. The van der Waals surface area contributed by atoms with Crippen LogP contribution in [0.25, 0.3) is 21.7 Å². The Labute approximate surface area is 288 Å². The summed E-state index contributed by atoms with van der Waals surface area (Å²) in [6.45, 7) is 5.30. The van der Waals surface area contributed by atoms with E-state index in [9.17, 15) is 19.2 Å². The predicted molar refractivity (Wildman–Crippen MR) is 181 cm³/mol. The lowest BCUT2D eigenvalue weighted by Gasteiger charge is -2.30. The highest BCUT2D eigenvalue weighted by Crippen LogP contribution is 2.46. The summed E-state index contributed by atoms with van der Waals surface area (Å²) in [5.41, 5.74) is -0.583. The van der Waals surface area contributed by atoms with Gasteiger partial charge < -0.3 is 29.7 Å². The summed E-state index contributed by atoms with van der Waals surface area (Å²) < 4.78 is 19.5. The maximum Gasteiger partial charge on any atom is 0.408 e. The van der Waals surface area contributed by atoms with Gasteiger partial charge in [-0.2, -0.15) is 10.1 Å². The average molecular weight is 694 g/mol. The monoisotopic (exact) mass is 693 g/mol. The summed E-state index contributed by atoms with van der Waals surface area (Å²) in [7, 11) is 3.10. The highest BCUT2D eigenvalue weighted by atomic mass is 32.1. The molecule has 1 saturated heterocycles. The fourth-order valence-corrected chi connectivity index (χ4v) is 7.31. The van der Waals surface area contributed by atoms with Gasteiger partial charge in [0.1, 0.15) is 39.7 Å². The number of thiophene rings is 1. The Morgan fingerprint density at radius 3 is 2.69 bits per heavy atom. The molecule has 0 spiro atoms. The third-order valence-electron chi connectivity index (χ3n) is 9.08. The molecule has 15 heteroatoms. The van der Waals surface area contributed by atoms with Gasteiger partial charge in [0, 0.05) is 25.6 Å². The Balaban J connectivity index is 1.32. The van der Waals surface area contributed by atoms with Crippen molar-refractivity contribution in [3.63, 3.8) is 0 Å². The van der Waals surface area contributed by atoms with Crippen LogP contribution in [0.4, 0.5) is 4.79 Å². The smallest absolute Gasteiger partial charge is 0.408 e. The zero-order valence-corrected chi connectivity index (χ0v) is 29.2. The molecule has 3 aromatic rings. The summed E-state index contributed by atoms with van der Waals surface area (Å²) in [6.07, 6.45) is 8.36. The largest absolute Gasteiger partial charge is 0.471 e. The number of allylic oxidation sites excluding steroid dienone is 1. The molecule has 49 heavy (non-hydrogen) atoms. The molecule has 6 rings (SSSR count). The van der Waals surface area contributed by atoms with Crippen LogP contribution in [-0.4, -0.2) is 91.5 Å². The topological polar surface area (TPSA) is 167 Å². The lowest BCUT2D eigenvalue weighted by molar-refractivity contribution is -0.148. The average Bonchev–Trinajstić information content (AvgIpc) is 3.43. The minimum absolute atomic E-state index is 0.0515. The Morgan fingerprint density at radius 2 is 1.96 bits per heavy atom. The number of ether oxygens (including phenoxy) is 3. The zero-order valence-electron chi connectivity index (χ0n) is 28.4. The molecule has 0 unspecified atom stereocenters. The molecular weight excluding hydrogens is 650 g/mol. The van der Waals surface area contributed by atoms with Crippen molar-refractivity contribution >= 4 is 45.4 Å². The molecule has 0 bridgehead atoms. The maximum atomic E-state index is 14.4. The molecule has 3 aromatic heterocycles. The number of hydrogen-bond acceptors (Lipinski definition) is 11. The van der Waals surface area contributed by atoms with E-state index in [0.717, 1.165) is 24.0 Å². The number of aryl methyl sites for hydroxylation is 1. The van der Waals surface area contributed by atoms with Gasteiger partial charge in [-0.25, -0.2) is 14.6 Å². The van der Waals surface area contributed by atoms with Crippen LogP contribution in [0.1, 0.15) is 65.7 Å². The van der Waals surface area contributed by atoms with Crippen LogP contribution in [0.3, 0.4) is 0 Å². The van der Waals surface area contributed by atoms with Gasteiger partial charge >= 0.3 is 12.1 Å². The lowest BCUT2D eigenvalue weighted by Crippen LogP contribution is -2.56. The van der Waals surface area contributed by atoms with Crippen molar-refractivity contribution in [3.8, 4) is 17.4 Å². The number of fused-ring (bicyclic) bond motifs is 3. The van der Waals surface area contributed by atoms with Gasteiger partial charge in [0.25, 0.3) is 0 Å². The van der Waals surface area contributed by atoms with Gasteiger partial charge in [-0.05, 0) is 64.0 Å². The normalized spacial score (nSPS) is 26.8. The Kier molecular flexibility index (Phi) is 9.65. The van der Waals surface area contributed by atoms with Crippen molar-refractivity contribution in [1.29, 1.82) is 0 Å². The van der Waals surface area contributed by atoms with Crippen molar-refractivity contribution in [2.24, 2.45) is 13.0 Å². The number of nitrogens with zero attached hydrogens (tertiary/aromatic N) is 5. The van der Waals surface area contributed by atoms with Crippen LogP contribution in [0, 0.1) is 5.92 Å². The second-order valence-corrected chi connectivity index (χ2v) is 14.8. The second kappa shape index (κ2) is 13.8. The quantitative estimate of drug-likeness (QED) is 0.296. The minimum atomic E-state index is -1.21. The first-order valence-electron chi connectivity index (χ1n) is 16.7. The highest BCUT2D eigenvalue weighted by Gasteiger charge is 2.62. The third-order valence-corrected chi connectivity index (χ3v) is 9.97. The number of methoxy groups -OCH3 is 1. The SMILES string of the molecule is COC(=O)[C@@]12C[C@H]1/C=C\CCCCC[C@H](NC(=O)OC(C)(C)C)C(=O)N1C[C@H](Oc3nc(-c4ccnn4C)nc4ccsc34)C[C@H]1C(=O)N2. The number of hydrogen-bond donors (Lipinski definition) is 2. The van der Waals surface area contributed by atoms with Crippen molar-refractivity contribution in [2.45, 2.75) is 95.0 Å². The lowest BCUT2D eigenvalue weighted by atomic mass is 10.0. The molecule has 3 aliphatic rings. The molecule has 262 valence electrons. The van der Waals surface area contributed by atoms with Crippen LogP contribution in [0.2, 0.25) is 0 Å². The minimum Gasteiger partial charge on any atom is -0.471 e. The molecule has 1 saturated carbocycles. The molecule has 5 heterocycles. The number of carbonyl (C=O) groups excluding carboxylic acids is 4. The summed E-state index contributed by atoms with van der Waals surface area (Å²) in [4.78, 5) is 65.3. The summed E-state index contributed by atoms with van der Waals surface area (Å²) in [5, 5.41) is 11.9. The molecule has 0 radical (unpaired) electrons. The maximum absolute atomic E-state index is 14.4. The van der Waals surface area contributed by atoms with Gasteiger partial charge in [0.05, 0.1) is 19.2 Å². The fraction of sp³-hybridized carbons (Fsp3) is 0.559. The second-order valence-electron chi connectivity index (χ2n) is 13.8. The summed E-state index contributed by atoms with van der Waals surface area (Å²) in [6, 6.07) is 1.76. The first-order chi connectivity index (χ1) is 23.4. The zero-order chi connectivity index (χ0) is 34.9. The van der Waals surface area contributed by atoms with Crippen molar-refractivity contribution in [1.82, 2.24) is 35.3 Å². The number of carbonyl (C=O) groups is 4.